The summed E-state index contributed by atoms with van der Waals surface area (Å²) in [5.74, 6) is 0.662. The molecule has 124 valence electrons. The maximum absolute atomic E-state index is 12.1. The third-order valence-electron chi connectivity index (χ3n) is 3.75. The van der Waals surface area contributed by atoms with Gasteiger partial charge in [-0.3, -0.25) is 4.79 Å². The number of aryl methyl sites for hydroxylation is 2. The summed E-state index contributed by atoms with van der Waals surface area (Å²) in [4.78, 5) is 14.2. The van der Waals surface area contributed by atoms with Gasteiger partial charge in [-0.05, 0) is 67.5 Å². The smallest absolute Gasteiger partial charge is 0.258 e. The summed E-state index contributed by atoms with van der Waals surface area (Å²) in [5.41, 5.74) is 3.37. The van der Waals surface area contributed by atoms with Crippen molar-refractivity contribution in [3.05, 3.63) is 51.7 Å². The van der Waals surface area contributed by atoms with Crippen molar-refractivity contribution in [3.8, 4) is 5.75 Å². The molecule has 2 aromatic rings. The van der Waals surface area contributed by atoms with Gasteiger partial charge in [-0.1, -0.05) is 12.1 Å². The third kappa shape index (κ3) is 5.08. The van der Waals surface area contributed by atoms with Crippen molar-refractivity contribution < 1.29 is 9.53 Å². The van der Waals surface area contributed by atoms with Crippen molar-refractivity contribution in [1.82, 2.24) is 10.2 Å². The molecule has 1 aromatic carbocycles. The van der Waals surface area contributed by atoms with E-state index in [1.165, 1.54) is 5.56 Å². The minimum Gasteiger partial charge on any atom is -0.483 e. The molecular formula is C18H24N2O2S. The minimum atomic E-state index is -0.104. The van der Waals surface area contributed by atoms with Crippen LogP contribution in [0.2, 0.25) is 0 Å². The Bertz CT molecular complexity index is 638. The van der Waals surface area contributed by atoms with Crippen LogP contribution in [0.25, 0.3) is 0 Å². The van der Waals surface area contributed by atoms with E-state index in [9.17, 15) is 4.79 Å². The van der Waals surface area contributed by atoms with E-state index >= 15 is 0 Å². The molecule has 0 radical (unpaired) electrons. The summed E-state index contributed by atoms with van der Waals surface area (Å²) in [6.45, 7) is 4.59. The highest BCUT2D eigenvalue weighted by Crippen LogP contribution is 2.20. The van der Waals surface area contributed by atoms with E-state index in [1.54, 1.807) is 11.3 Å². The maximum atomic E-state index is 12.1. The van der Waals surface area contributed by atoms with Crippen LogP contribution in [-0.2, 0) is 4.79 Å². The Morgan fingerprint density at radius 2 is 2.09 bits per heavy atom. The lowest BCUT2D eigenvalue weighted by Crippen LogP contribution is -2.36. The van der Waals surface area contributed by atoms with Gasteiger partial charge in [0.25, 0.3) is 5.91 Å². The van der Waals surface area contributed by atoms with Crippen molar-refractivity contribution in [1.29, 1.82) is 0 Å². The molecule has 5 heteroatoms. The topological polar surface area (TPSA) is 41.6 Å². The van der Waals surface area contributed by atoms with Crippen LogP contribution in [0.5, 0.6) is 5.75 Å². The molecule has 1 heterocycles. The van der Waals surface area contributed by atoms with E-state index in [0.717, 1.165) is 16.9 Å². The Kier molecular flexibility index (Phi) is 6.19. The first kappa shape index (κ1) is 17.5. The number of nitrogens with one attached hydrogen (secondary N) is 1. The maximum Gasteiger partial charge on any atom is 0.258 e. The number of rotatable bonds is 7. The Morgan fingerprint density at radius 3 is 2.74 bits per heavy atom. The predicted molar refractivity (Wildman–Crippen MR) is 95.2 cm³/mol. The van der Waals surface area contributed by atoms with Crippen LogP contribution in [0.3, 0.4) is 0 Å². The summed E-state index contributed by atoms with van der Waals surface area (Å²) >= 11 is 1.67. The number of hydrogen-bond acceptors (Lipinski definition) is 4. The van der Waals surface area contributed by atoms with Gasteiger partial charge < -0.3 is 15.0 Å². The van der Waals surface area contributed by atoms with Crippen LogP contribution in [0.15, 0.2) is 35.0 Å². The number of nitrogens with zero attached hydrogens (tertiary/aromatic N) is 1. The number of carbonyl (C=O) groups excluding carboxylic acids is 1. The molecule has 2 rings (SSSR count). The first-order valence-electron chi connectivity index (χ1n) is 7.62. The van der Waals surface area contributed by atoms with Crippen LogP contribution < -0.4 is 10.1 Å². The zero-order valence-electron chi connectivity index (χ0n) is 14.1. The summed E-state index contributed by atoms with van der Waals surface area (Å²) in [5, 5.41) is 7.12. The summed E-state index contributed by atoms with van der Waals surface area (Å²) in [6.07, 6.45) is 0. The van der Waals surface area contributed by atoms with Crippen molar-refractivity contribution in [2.24, 2.45) is 0 Å². The zero-order valence-corrected chi connectivity index (χ0v) is 14.9. The van der Waals surface area contributed by atoms with Crippen molar-refractivity contribution in [3.63, 3.8) is 0 Å². The Hall–Kier alpha value is -1.85. The third-order valence-corrected chi connectivity index (χ3v) is 4.45. The number of hydrogen-bond donors (Lipinski definition) is 1. The van der Waals surface area contributed by atoms with Crippen LogP contribution in [0.1, 0.15) is 22.7 Å². The molecule has 1 amide bonds. The molecule has 0 aliphatic rings. The number of benzene rings is 1. The molecule has 4 nitrogen and oxygen atoms in total. The molecule has 0 fully saturated rings. The quantitative estimate of drug-likeness (QED) is 0.847. The highest BCUT2D eigenvalue weighted by atomic mass is 32.1. The fourth-order valence-electron chi connectivity index (χ4n) is 2.33. The number of carbonyl (C=O) groups is 1. The molecule has 0 aliphatic heterocycles. The van der Waals surface area contributed by atoms with Gasteiger partial charge in [0.15, 0.2) is 6.61 Å². The van der Waals surface area contributed by atoms with Crippen molar-refractivity contribution >= 4 is 17.2 Å². The van der Waals surface area contributed by atoms with Crippen LogP contribution in [0, 0.1) is 13.8 Å². The largest absolute Gasteiger partial charge is 0.483 e. The van der Waals surface area contributed by atoms with Crippen LogP contribution >= 0.6 is 11.3 Å². The van der Waals surface area contributed by atoms with Gasteiger partial charge in [0.2, 0.25) is 0 Å². The van der Waals surface area contributed by atoms with E-state index in [1.807, 2.05) is 46.1 Å². The highest BCUT2D eigenvalue weighted by Gasteiger charge is 2.15. The van der Waals surface area contributed by atoms with Crippen LogP contribution in [0.4, 0.5) is 0 Å². The summed E-state index contributed by atoms with van der Waals surface area (Å²) < 4.78 is 5.64. The molecule has 0 aliphatic carbocycles. The summed E-state index contributed by atoms with van der Waals surface area (Å²) in [7, 11) is 4.03. The van der Waals surface area contributed by atoms with Gasteiger partial charge in [0, 0.05) is 6.54 Å². The van der Waals surface area contributed by atoms with E-state index in [0.29, 0.717) is 6.54 Å². The minimum absolute atomic E-state index is 0.0358. The van der Waals surface area contributed by atoms with Crippen molar-refractivity contribution in [2.75, 3.05) is 27.2 Å². The highest BCUT2D eigenvalue weighted by molar-refractivity contribution is 7.07. The fraction of sp³-hybridized carbons (Fsp3) is 0.389. The summed E-state index contributed by atoms with van der Waals surface area (Å²) in [6, 6.07) is 8.25. The lowest BCUT2D eigenvalue weighted by molar-refractivity contribution is -0.123. The first-order chi connectivity index (χ1) is 11.0. The Morgan fingerprint density at radius 1 is 1.30 bits per heavy atom. The first-order valence-corrected chi connectivity index (χ1v) is 8.57. The van der Waals surface area contributed by atoms with Crippen LogP contribution in [-0.4, -0.2) is 38.1 Å². The van der Waals surface area contributed by atoms with Gasteiger partial charge in [-0.15, -0.1) is 0 Å². The molecular weight excluding hydrogens is 308 g/mol. The number of ether oxygens (including phenoxy) is 1. The second-order valence-corrected chi connectivity index (χ2v) is 6.68. The number of amides is 1. The average molecular weight is 332 g/mol. The van der Waals surface area contributed by atoms with Gasteiger partial charge in [-0.25, -0.2) is 0 Å². The molecule has 0 saturated carbocycles. The van der Waals surface area contributed by atoms with Gasteiger partial charge >= 0.3 is 0 Å². The molecule has 0 saturated heterocycles. The standard InChI is InChI=1S/C18H24N2O2S/c1-13-5-6-14(2)17(9-13)22-11-18(21)19-10-16(20(3)4)15-7-8-23-12-15/h5-9,12,16H,10-11H2,1-4H3,(H,19,21). The van der Waals surface area contributed by atoms with Gasteiger partial charge in [-0.2, -0.15) is 11.3 Å². The second-order valence-electron chi connectivity index (χ2n) is 5.90. The molecule has 0 bridgehead atoms. The number of thiophene rings is 1. The molecule has 1 atom stereocenters. The average Bonchev–Trinajstić information content (AvgIpc) is 3.02. The second kappa shape index (κ2) is 8.13. The monoisotopic (exact) mass is 332 g/mol. The van der Waals surface area contributed by atoms with E-state index < -0.39 is 0 Å². The van der Waals surface area contributed by atoms with Crippen molar-refractivity contribution in [2.45, 2.75) is 19.9 Å². The number of likely N-dealkylation sites (N-methyl/N-ethyl adjacent to an activating group) is 1. The zero-order chi connectivity index (χ0) is 16.8. The van der Waals surface area contributed by atoms with E-state index in [2.05, 4.69) is 27.0 Å². The Balaban J connectivity index is 1.86. The molecule has 1 aromatic heterocycles. The normalized spacial score (nSPS) is 12.2. The molecule has 23 heavy (non-hydrogen) atoms. The van der Waals surface area contributed by atoms with E-state index in [4.69, 9.17) is 4.74 Å². The van der Waals surface area contributed by atoms with Gasteiger partial charge in [0.05, 0.1) is 6.04 Å². The van der Waals surface area contributed by atoms with E-state index in [-0.39, 0.29) is 18.6 Å². The molecule has 1 N–H and O–H groups in total. The Labute approximate surface area is 142 Å². The van der Waals surface area contributed by atoms with Gasteiger partial charge in [0.1, 0.15) is 5.75 Å². The SMILES string of the molecule is Cc1ccc(C)c(OCC(=O)NCC(c2ccsc2)N(C)C)c1. The lowest BCUT2D eigenvalue weighted by atomic mass is 10.1. The molecule has 0 spiro atoms. The fourth-order valence-corrected chi connectivity index (χ4v) is 3.04. The molecule has 1 unspecified atom stereocenters. The lowest BCUT2D eigenvalue weighted by Gasteiger charge is -2.24. The predicted octanol–water partition coefficient (Wildman–Crippen LogP) is 3.16.